The van der Waals surface area contributed by atoms with Gasteiger partial charge in [0.15, 0.2) is 0 Å². The molecule has 4 nitrogen and oxygen atoms in total. The average molecular weight is 250 g/mol. The molecule has 1 aromatic rings. The summed E-state index contributed by atoms with van der Waals surface area (Å²) in [5.41, 5.74) is 5.94. The molecule has 2 rings (SSSR count). The van der Waals surface area contributed by atoms with Crippen LogP contribution in [0, 0.1) is 0 Å². The molecule has 1 aliphatic rings. The van der Waals surface area contributed by atoms with Crippen molar-refractivity contribution in [3.8, 4) is 0 Å². The van der Waals surface area contributed by atoms with E-state index in [-0.39, 0.29) is 0 Å². The lowest BCUT2D eigenvalue weighted by Gasteiger charge is -2.29. The largest absolute Gasteiger partial charge is 0.333 e. The number of imidazole rings is 1. The van der Waals surface area contributed by atoms with Gasteiger partial charge in [0, 0.05) is 43.5 Å². The summed E-state index contributed by atoms with van der Waals surface area (Å²) >= 11 is 0. The Kier molecular flexibility index (Phi) is 4.78. The molecule has 3 N–H and O–H groups in total. The van der Waals surface area contributed by atoms with E-state index in [1.165, 1.54) is 18.7 Å². The molecule has 0 saturated heterocycles. The van der Waals surface area contributed by atoms with E-state index in [2.05, 4.69) is 34.9 Å². The Morgan fingerprint density at radius 1 is 1.44 bits per heavy atom. The van der Waals surface area contributed by atoms with Gasteiger partial charge in [0.1, 0.15) is 5.82 Å². The highest BCUT2D eigenvalue weighted by molar-refractivity contribution is 4.92. The lowest BCUT2D eigenvalue weighted by atomic mass is 9.91. The van der Waals surface area contributed by atoms with E-state index in [0.29, 0.717) is 18.1 Å². The minimum Gasteiger partial charge on any atom is -0.333 e. The second kappa shape index (κ2) is 6.34. The van der Waals surface area contributed by atoms with E-state index >= 15 is 0 Å². The zero-order chi connectivity index (χ0) is 13.0. The van der Waals surface area contributed by atoms with Crippen LogP contribution < -0.4 is 11.1 Å². The van der Waals surface area contributed by atoms with E-state index in [1.54, 1.807) is 0 Å². The molecule has 1 saturated carbocycles. The van der Waals surface area contributed by atoms with Crippen molar-refractivity contribution < 1.29 is 0 Å². The first-order valence-electron chi connectivity index (χ1n) is 7.20. The highest BCUT2D eigenvalue weighted by Gasteiger charge is 2.19. The number of nitrogens with one attached hydrogen (secondary N) is 1. The molecule has 1 unspecified atom stereocenters. The van der Waals surface area contributed by atoms with Crippen molar-refractivity contribution in [1.29, 1.82) is 0 Å². The molecule has 18 heavy (non-hydrogen) atoms. The highest BCUT2D eigenvalue weighted by Crippen LogP contribution is 2.17. The van der Waals surface area contributed by atoms with Crippen LogP contribution in [0.15, 0.2) is 12.4 Å². The predicted molar refractivity (Wildman–Crippen MR) is 74.4 cm³/mol. The monoisotopic (exact) mass is 250 g/mol. The van der Waals surface area contributed by atoms with Crippen LogP contribution in [-0.2, 0) is 13.0 Å². The van der Waals surface area contributed by atoms with Crippen LogP contribution in [0.1, 0.15) is 45.4 Å². The molecule has 0 bridgehead atoms. The van der Waals surface area contributed by atoms with Crippen LogP contribution in [0.2, 0.25) is 0 Å². The van der Waals surface area contributed by atoms with Gasteiger partial charge in [0.2, 0.25) is 0 Å². The van der Waals surface area contributed by atoms with Crippen LogP contribution in [-0.4, -0.2) is 27.7 Å². The van der Waals surface area contributed by atoms with Crippen molar-refractivity contribution in [3.05, 3.63) is 18.2 Å². The molecule has 4 heteroatoms. The first kappa shape index (κ1) is 13.6. The Labute approximate surface area is 110 Å². The van der Waals surface area contributed by atoms with Crippen LogP contribution in [0.5, 0.6) is 0 Å². The number of hydrogen-bond donors (Lipinski definition) is 2. The second-order valence-corrected chi connectivity index (χ2v) is 5.53. The highest BCUT2D eigenvalue weighted by atomic mass is 15.1. The van der Waals surface area contributed by atoms with Gasteiger partial charge in [-0.25, -0.2) is 4.98 Å². The lowest BCUT2D eigenvalue weighted by Crippen LogP contribution is -2.43. The first-order chi connectivity index (χ1) is 8.69. The summed E-state index contributed by atoms with van der Waals surface area (Å²) in [4.78, 5) is 4.36. The van der Waals surface area contributed by atoms with E-state index in [9.17, 15) is 0 Å². The summed E-state index contributed by atoms with van der Waals surface area (Å²) in [6, 6.07) is 1.57. The van der Waals surface area contributed by atoms with Crippen molar-refractivity contribution in [2.45, 2.75) is 70.6 Å². The molecule has 1 atom stereocenters. The van der Waals surface area contributed by atoms with E-state index in [4.69, 9.17) is 5.73 Å². The molecule has 102 valence electrons. The first-order valence-corrected chi connectivity index (χ1v) is 7.20. The van der Waals surface area contributed by atoms with Gasteiger partial charge in [-0.1, -0.05) is 6.92 Å². The molecule has 1 fully saturated rings. The summed E-state index contributed by atoms with van der Waals surface area (Å²) in [6.45, 7) is 5.42. The Balaban J connectivity index is 1.80. The fourth-order valence-corrected chi connectivity index (χ4v) is 2.86. The Hall–Kier alpha value is -0.870. The smallest absolute Gasteiger partial charge is 0.108 e. The third-order valence-corrected chi connectivity index (χ3v) is 3.88. The molecular weight excluding hydrogens is 224 g/mol. The average Bonchev–Trinajstić information content (AvgIpc) is 2.79. The van der Waals surface area contributed by atoms with Crippen LogP contribution in [0.25, 0.3) is 0 Å². The van der Waals surface area contributed by atoms with Crippen molar-refractivity contribution in [2.75, 3.05) is 0 Å². The summed E-state index contributed by atoms with van der Waals surface area (Å²) in [7, 11) is 0. The minimum atomic E-state index is 0.429. The maximum atomic E-state index is 5.94. The molecule has 1 aromatic heterocycles. The third-order valence-electron chi connectivity index (χ3n) is 3.88. The number of nitrogens with two attached hydrogens (primary N) is 1. The van der Waals surface area contributed by atoms with Gasteiger partial charge in [-0.15, -0.1) is 0 Å². The SMILES string of the molecule is CCc1nccn1CC(C)NC1CCC(N)CC1. The number of nitrogens with zero attached hydrogens (tertiary/aromatic N) is 2. The molecule has 1 aliphatic carbocycles. The Bertz CT molecular complexity index is 352. The second-order valence-electron chi connectivity index (χ2n) is 5.53. The van der Waals surface area contributed by atoms with Gasteiger partial charge in [0.05, 0.1) is 0 Å². The van der Waals surface area contributed by atoms with Crippen LogP contribution in [0.3, 0.4) is 0 Å². The molecule has 0 radical (unpaired) electrons. The van der Waals surface area contributed by atoms with Crippen molar-refractivity contribution in [3.63, 3.8) is 0 Å². The van der Waals surface area contributed by atoms with E-state index in [1.807, 2.05) is 6.20 Å². The van der Waals surface area contributed by atoms with Gasteiger partial charge in [-0.2, -0.15) is 0 Å². The van der Waals surface area contributed by atoms with E-state index < -0.39 is 0 Å². The molecule has 0 aliphatic heterocycles. The minimum absolute atomic E-state index is 0.429. The van der Waals surface area contributed by atoms with Gasteiger partial charge >= 0.3 is 0 Å². The van der Waals surface area contributed by atoms with Gasteiger partial charge in [-0.05, 0) is 32.6 Å². The Morgan fingerprint density at radius 3 is 2.83 bits per heavy atom. The fraction of sp³-hybridized carbons (Fsp3) is 0.786. The predicted octanol–water partition coefficient (Wildman–Crippen LogP) is 1.69. The fourth-order valence-electron chi connectivity index (χ4n) is 2.86. The molecule has 0 amide bonds. The van der Waals surface area contributed by atoms with Crippen molar-refractivity contribution >= 4 is 0 Å². The van der Waals surface area contributed by atoms with Crippen molar-refractivity contribution in [1.82, 2.24) is 14.9 Å². The summed E-state index contributed by atoms with van der Waals surface area (Å²) in [5.74, 6) is 1.18. The zero-order valence-electron chi connectivity index (χ0n) is 11.6. The summed E-state index contributed by atoms with van der Waals surface area (Å²) in [5, 5.41) is 3.72. The normalized spacial score (nSPS) is 26.2. The zero-order valence-corrected chi connectivity index (χ0v) is 11.6. The standard InChI is InChI=1S/C14H26N4/c1-3-14-16-8-9-18(14)10-11(2)17-13-6-4-12(15)5-7-13/h8-9,11-13,17H,3-7,10,15H2,1-2H3. The third kappa shape index (κ3) is 3.56. The summed E-state index contributed by atoms with van der Waals surface area (Å²) in [6.07, 6.45) is 9.73. The molecular formula is C14H26N4. The quantitative estimate of drug-likeness (QED) is 0.836. The van der Waals surface area contributed by atoms with E-state index in [0.717, 1.165) is 25.8 Å². The molecule has 1 heterocycles. The number of aryl methyl sites for hydroxylation is 1. The van der Waals surface area contributed by atoms with Gasteiger partial charge in [-0.3, -0.25) is 0 Å². The maximum absolute atomic E-state index is 5.94. The van der Waals surface area contributed by atoms with Gasteiger partial charge in [0.25, 0.3) is 0 Å². The summed E-state index contributed by atoms with van der Waals surface area (Å²) < 4.78 is 2.26. The topological polar surface area (TPSA) is 55.9 Å². The molecule has 0 spiro atoms. The van der Waals surface area contributed by atoms with Crippen molar-refractivity contribution in [2.24, 2.45) is 5.73 Å². The van der Waals surface area contributed by atoms with Crippen LogP contribution in [0.4, 0.5) is 0 Å². The number of rotatable bonds is 5. The lowest BCUT2D eigenvalue weighted by molar-refractivity contribution is 0.307. The molecule has 0 aromatic carbocycles. The number of aromatic nitrogens is 2. The van der Waals surface area contributed by atoms with Gasteiger partial charge < -0.3 is 15.6 Å². The Morgan fingerprint density at radius 2 is 2.17 bits per heavy atom. The van der Waals surface area contributed by atoms with Crippen LogP contribution >= 0.6 is 0 Å². The number of hydrogen-bond acceptors (Lipinski definition) is 3. The maximum Gasteiger partial charge on any atom is 0.108 e.